The molecule has 42 heavy (non-hydrogen) atoms. The third kappa shape index (κ3) is 8.02. The summed E-state index contributed by atoms with van der Waals surface area (Å²) in [5.74, 6) is 0.442. The van der Waals surface area contributed by atoms with Crippen molar-refractivity contribution < 1.29 is 14.3 Å². The van der Waals surface area contributed by atoms with E-state index < -0.39 is 6.10 Å². The summed E-state index contributed by atoms with van der Waals surface area (Å²) in [4.78, 5) is 30.1. The largest absolute Gasteiger partial charge is 0.481 e. The van der Waals surface area contributed by atoms with Crippen LogP contribution in [-0.2, 0) is 28.1 Å². The molecule has 1 aliphatic heterocycles. The van der Waals surface area contributed by atoms with E-state index in [4.69, 9.17) is 27.9 Å². The molecule has 4 rings (SSSR count). The topological polar surface area (TPSA) is 92.6 Å². The second kappa shape index (κ2) is 13.0. The molecular weight excluding hydrogens is 575 g/mol. The minimum Gasteiger partial charge on any atom is -0.481 e. The smallest absolute Gasteiger partial charge is 0.263 e. The second-order valence-electron chi connectivity index (χ2n) is 12.2. The first-order chi connectivity index (χ1) is 19.7. The fourth-order valence-corrected chi connectivity index (χ4v) is 5.77. The Morgan fingerprint density at radius 2 is 1.71 bits per heavy atom. The zero-order valence-corrected chi connectivity index (χ0v) is 26.8. The zero-order valence-electron chi connectivity index (χ0n) is 25.3. The Morgan fingerprint density at radius 1 is 1.07 bits per heavy atom. The van der Waals surface area contributed by atoms with Crippen molar-refractivity contribution in [1.82, 2.24) is 24.8 Å². The first kappa shape index (κ1) is 31.8. The molecule has 0 bridgehead atoms. The number of benzene rings is 2. The maximum atomic E-state index is 13.4. The van der Waals surface area contributed by atoms with E-state index in [2.05, 4.69) is 67.3 Å². The number of hydrogen-bond donors (Lipinski definition) is 1. The third-order valence-electron chi connectivity index (χ3n) is 7.49. The molecule has 0 spiro atoms. The van der Waals surface area contributed by atoms with Crippen LogP contribution < -0.4 is 10.1 Å². The minimum absolute atomic E-state index is 0.000807. The van der Waals surface area contributed by atoms with Gasteiger partial charge in [-0.25, -0.2) is 4.68 Å². The Morgan fingerprint density at radius 3 is 2.31 bits per heavy atom. The van der Waals surface area contributed by atoms with Crippen LogP contribution in [-0.4, -0.2) is 67.9 Å². The van der Waals surface area contributed by atoms with Crippen molar-refractivity contribution in [2.75, 3.05) is 18.4 Å². The van der Waals surface area contributed by atoms with Crippen LogP contribution in [0.25, 0.3) is 0 Å². The van der Waals surface area contributed by atoms with E-state index in [1.54, 1.807) is 24.4 Å². The summed E-state index contributed by atoms with van der Waals surface area (Å²) in [5.41, 5.74) is 3.57. The molecule has 1 N–H and O–H groups in total. The first-order valence-electron chi connectivity index (χ1n) is 14.2. The SMILES string of the molecule is Cc1cc(C(C)(C)C)ccc1OC(C)C(=O)N1C[C@@H](C)N(Cc2cn(CC(=O)Nc3cc(Cl)cc(Cl)c3)nn2)[C@@H](C)C1. The van der Waals surface area contributed by atoms with E-state index in [9.17, 15) is 9.59 Å². The fourth-order valence-electron chi connectivity index (χ4n) is 5.24. The van der Waals surface area contributed by atoms with Crippen LogP contribution >= 0.6 is 23.2 Å². The van der Waals surface area contributed by atoms with Crippen LogP contribution in [0.15, 0.2) is 42.6 Å². The van der Waals surface area contributed by atoms with Crippen molar-refractivity contribution in [2.24, 2.45) is 0 Å². The van der Waals surface area contributed by atoms with Gasteiger partial charge in [0.15, 0.2) is 6.10 Å². The summed E-state index contributed by atoms with van der Waals surface area (Å²) in [6.45, 7) is 16.3. The lowest BCUT2D eigenvalue weighted by atomic mass is 9.86. The minimum atomic E-state index is -0.593. The number of anilines is 1. The van der Waals surface area contributed by atoms with E-state index in [0.29, 0.717) is 35.4 Å². The highest BCUT2D eigenvalue weighted by atomic mass is 35.5. The van der Waals surface area contributed by atoms with Gasteiger partial charge in [0.05, 0.1) is 11.9 Å². The predicted octanol–water partition coefficient (Wildman–Crippen LogP) is 5.72. The zero-order chi connectivity index (χ0) is 30.8. The molecule has 2 amide bonds. The molecule has 11 heteroatoms. The van der Waals surface area contributed by atoms with Gasteiger partial charge in [-0.2, -0.15) is 0 Å². The number of carbonyl (C=O) groups is 2. The molecular formula is C31H40Cl2N6O3. The molecule has 226 valence electrons. The summed E-state index contributed by atoms with van der Waals surface area (Å²) in [6.07, 6.45) is 1.18. The number of hydrogen-bond acceptors (Lipinski definition) is 6. The van der Waals surface area contributed by atoms with Crippen molar-refractivity contribution in [1.29, 1.82) is 0 Å². The van der Waals surface area contributed by atoms with E-state index in [0.717, 1.165) is 17.0 Å². The number of ether oxygens (including phenoxy) is 1. The molecule has 0 saturated carbocycles. The Bertz CT molecular complexity index is 1400. The number of carbonyl (C=O) groups excluding carboxylic acids is 2. The summed E-state index contributed by atoms with van der Waals surface area (Å²) in [5, 5.41) is 12.1. The Labute approximate surface area is 258 Å². The van der Waals surface area contributed by atoms with Gasteiger partial charge >= 0.3 is 0 Å². The van der Waals surface area contributed by atoms with Crippen LogP contribution in [0, 0.1) is 6.92 Å². The molecule has 1 fully saturated rings. The standard InChI is InChI=1S/C31H40Cl2N6O3/c1-19-10-23(31(5,6)7)8-9-28(19)42-22(4)30(41)37-14-20(2)39(21(3)15-37)17-27-16-38(36-35-27)18-29(40)34-26-12-24(32)11-25(33)13-26/h8-13,16,20-22H,14-15,17-18H2,1-7H3,(H,34,40)/t20-,21+,22?. The molecule has 2 aromatic carbocycles. The fraction of sp³-hybridized carbons (Fsp3) is 0.484. The summed E-state index contributed by atoms with van der Waals surface area (Å²) in [6, 6.07) is 11.2. The number of aromatic nitrogens is 3. The van der Waals surface area contributed by atoms with Gasteiger partial charge in [-0.1, -0.05) is 61.3 Å². The van der Waals surface area contributed by atoms with Crippen LogP contribution in [0.3, 0.4) is 0 Å². The van der Waals surface area contributed by atoms with E-state index >= 15 is 0 Å². The lowest BCUT2D eigenvalue weighted by Crippen LogP contribution is -2.59. The maximum Gasteiger partial charge on any atom is 0.263 e. The number of rotatable bonds is 8. The van der Waals surface area contributed by atoms with Crippen molar-refractivity contribution in [3.8, 4) is 5.75 Å². The Balaban J connectivity index is 1.31. The number of nitrogens with one attached hydrogen (secondary N) is 1. The summed E-state index contributed by atoms with van der Waals surface area (Å²) >= 11 is 12.0. The highest BCUT2D eigenvalue weighted by Crippen LogP contribution is 2.29. The third-order valence-corrected chi connectivity index (χ3v) is 7.92. The van der Waals surface area contributed by atoms with Gasteiger partial charge < -0.3 is 15.0 Å². The lowest BCUT2D eigenvalue weighted by molar-refractivity contribution is -0.142. The molecule has 3 atom stereocenters. The van der Waals surface area contributed by atoms with Gasteiger partial charge in [-0.3, -0.25) is 14.5 Å². The van der Waals surface area contributed by atoms with Gasteiger partial charge in [-0.15, -0.1) is 5.10 Å². The molecule has 9 nitrogen and oxygen atoms in total. The van der Waals surface area contributed by atoms with Gasteiger partial charge in [0, 0.05) is 47.5 Å². The van der Waals surface area contributed by atoms with Crippen molar-refractivity contribution in [3.05, 3.63) is 69.5 Å². The van der Waals surface area contributed by atoms with Crippen LogP contribution in [0.1, 0.15) is 58.4 Å². The lowest BCUT2D eigenvalue weighted by Gasteiger charge is -2.44. The number of piperazine rings is 1. The average Bonchev–Trinajstić information content (AvgIpc) is 3.32. The Hall–Kier alpha value is -3.14. The molecule has 1 unspecified atom stereocenters. The van der Waals surface area contributed by atoms with Gasteiger partial charge in [-0.05, 0) is 68.5 Å². The van der Waals surface area contributed by atoms with Crippen molar-refractivity contribution >= 4 is 40.7 Å². The monoisotopic (exact) mass is 614 g/mol. The van der Waals surface area contributed by atoms with E-state index in [1.165, 1.54) is 10.2 Å². The van der Waals surface area contributed by atoms with Gasteiger partial charge in [0.25, 0.3) is 5.91 Å². The highest BCUT2D eigenvalue weighted by molar-refractivity contribution is 6.35. The highest BCUT2D eigenvalue weighted by Gasteiger charge is 2.34. The summed E-state index contributed by atoms with van der Waals surface area (Å²) < 4.78 is 7.63. The second-order valence-corrected chi connectivity index (χ2v) is 13.1. The normalized spacial score (nSPS) is 18.5. The summed E-state index contributed by atoms with van der Waals surface area (Å²) in [7, 11) is 0. The van der Waals surface area contributed by atoms with E-state index in [-0.39, 0.29) is 35.9 Å². The molecule has 1 aliphatic rings. The number of nitrogens with zero attached hydrogens (tertiary/aromatic N) is 5. The maximum absolute atomic E-state index is 13.4. The predicted molar refractivity (Wildman–Crippen MR) is 166 cm³/mol. The van der Waals surface area contributed by atoms with Gasteiger partial charge in [0.1, 0.15) is 12.3 Å². The van der Waals surface area contributed by atoms with E-state index in [1.807, 2.05) is 24.8 Å². The molecule has 0 radical (unpaired) electrons. The Kier molecular flexibility index (Phi) is 9.85. The molecule has 2 heterocycles. The van der Waals surface area contributed by atoms with Crippen molar-refractivity contribution in [3.63, 3.8) is 0 Å². The van der Waals surface area contributed by atoms with Crippen LogP contribution in [0.5, 0.6) is 5.75 Å². The molecule has 1 saturated heterocycles. The quantitative estimate of drug-likeness (QED) is 0.349. The average molecular weight is 616 g/mol. The number of aryl methyl sites for hydroxylation is 1. The number of halogens is 2. The first-order valence-corrected chi connectivity index (χ1v) is 14.9. The van der Waals surface area contributed by atoms with Gasteiger partial charge in [0.2, 0.25) is 5.91 Å². The van der Waals surface area contributed by atoms with Crippen molar-refractivity contribution in [2.45, 2.75) is 85.2 Å². The number of amides is 2. The molecule has 1 aromatic heterocycles. The molecule has 3 aromatic rings. The van der Waals surface area contributed by atoms with Crippen LogP contribution in [0.2, 0.25) is 10.0 Å². The molecule has 0 aliphatic carbocycles. The van der Waals surface area contributed by atoms with Crippen LogP contribution in [0.4, 0.5) is 5.69 Å².